The van der Waals surface area contributed by atoms with Crippen molar-refractivity contribution < 1.29 is 0 Å². The molecule has 0 saturated carbocycles. The minimum absolute atomic E-state index is 0.861. The van der Waals surface area contributed by atoms with E-state index in [1.54, 1.807) is 5.57 Å². The van der Waals surface area contributed by atoms with Crippen LogP contribution in [0.25, 0.3) is 0 Å². The lowest BCUT2D eigenvalue weighted by Gasteiger charge is -2.19. The molecule has 0 spiro atoms. The van der Waals surface area contributed by atoms with E-state index in [4.69, 9.17) is 0 Å². The predicted molar refractivity (Wildman–Crippen MR) is 55.1 cm³/mol. The molecule has 0 N–H and O–H groups in total. The van der Waals surface area contributed by atoms with Crippen LogP contribution in [0.4, 0.5) is 0 Å². The first-order chi connectivity index (χ1) is 5.88. The van der Waals surface area contributed by atoms with Gasteiger partial charge in [-0.3, -0.25) is 0 Å². The van der Waals surface area contributed by atoms with Gasteiger partial charge in [0.2, 0.25) is 0 Å². The van der Waals surface area contributed by atoms with Crippen molar-refractivity contribution in [3.63, 3.8) is 0 Å². The van der Waals surface area contributed by atoms with E-state index in [9.17, 15) is 0 Å². The van der Waals surface area contributed by atoms with Gasteiger partial charge in [0.1, 0.15) is 0 Å². The monoisotopic (exact) mass is 164 g/mol. The SMILES string of the molecule is CCCC(CC)C1=CC=CCC1. The van der Waals surface area contributed by atoms with Gasteiger partial charge >= 0.3 is 0 Å². The molecular weight excluding hydrogens is 144 g/mol. The van der Waals surface area contributed by atoms with Crippen LogP contribution >= 0.6 is 0 Å². The highest BCUT2D eigenvalue weighted by molar-refractivity contribution is 5.19. The quantitative estimate of drug-likeness (QED) is 0.587. The number of hydrogen-bond donors (Lipinski definition) is 0. The van der Waals surface area contributed by atoms with E-state index in [0.717, 1.165) is 5.92 Å². The summed E-state index contributed by atoms with van der Waals surface area (Å²) in [7, 11) is 0. The molecule has 0 heterocycles. The summed E-state index contributed by atoms with van der Waals surface area (Å²) in [5.74, 6) is 0.861. The van der Waals surface area contributed by atoms with Crippen molar-refractivity contribution >= 4 is 0 Å². The van der Waals surface area contributed by atoms with Gasteiger partial charge in [0.25, 0.3) is 0 Å². The number of hydrogen-bond acceptors (Lipinski definition) is 0. The maximum Gasteiger partial charge on any atom is -0.0203 e. The van der Waals surface area contributed by atoms with Gasteiger partial charge in [-0.1, -0.05) is 44.1 Å². The fourth-order valence-corrected chi connectivity index (χ4v) is 1.96. The third-order valence-corrected chi connectivity index (χ3v) is 2.70. The summed E-state index contributed by atoms with van der Waals surface area (Å²) in [5, 5.41) is 0. The molecule has 0 saturated heterocycles. The van der Waals surface area contributed by atoms with Gasteiger partial charge in [-0.15, -0.1) is 0 Å². The van der Waals surface area contributed by atoms with Gasteiger partial charge in [-0.2, -0.15) is 0 Å². The highest BCUT2D eigenvalue weighted by Gasteiger charge is 2.11. The Balaban J connectivity index is 2.51. The van der Waals surface area contributed by atoms with Gasteiger partial charge in [0, 0.05) is 0 Å². The lowest BCUT2D eigenvalue weighted by molar-refractivity contribution is 0.516. The summed E-state index contributed by atoms with van der Waals surface area (Å²) in [4.78, 5) is 0. The van der Waals surface area contributed by atoms with Crippen LogP contribution in [0.2, 0.25) is 0 Å². The Morgan fingerprint density at radius 2 is 2.25 bits per heavy atom. The summed E-state index contributed by atoms with van der Waals surface area (Å²) in [6.45, 7) is 4.58. The van der Waals surface area contributed by atoms with Crippen molar-refractivity contribution in [2.24, 2.45) is 5.92 Å². The Morgan fingerprint density at radius 3 is 2.75 bits per heavy atom. The largest absolute Gasteiger partial charge is 0.0842 e. The summed E-state index contributed by atoms with van der Waals surface area (Å²) in [6, 6.07) is 0. The van der Waals surface area contributed by atoms with Gasteiger partial charge < -0.3 is 0 Å². The molecule has 1 aliphatic carbocycles. The molecule has 0 bridgehead atoms. The second kappa shape index (κ2) is 5.18. The van der Waals surface area contributed by atoms with Crippen LogP contribution < -0.4 is 0 Å². The second-order valence-corrected chi connectivity index (χ2v) is 3.60. The van der Waals surface area contributed by atoms with Gasteiger partial charge in [-0.25, -0.2) is 0 Å². The maximum absolute atomic E-state index is 2.33. The lowest BCUT2D eigenvalue weighted by Crippen LogP contribution is -2.04. The fourth-order valence-electron chi connectivity index (χ4n) is 1.96. The molecule has 0 radical (unpaired) electrons. The molecule has 68 valence electrons. The zero-order valence-corrected chi connectivity index (χ0v) is 8.34. The van der Waals surface area contributed by atoms with Crippen LogP contribution in [0.15, 0.2) is 23.8 Å². The van der Waals surface area contributed by atoms with E-state index in [-0.39, 0.29) is 0 Å². The zero-order chi connectivity index (χ0) is 8.81. The first kappa shape index (κ1) is 9.57. The third kappa shape index (κ3) is 2.51. The zero-order valence-electron chi connectivity index (χ0n) is 8.34. The highest BCUT2D eigenvalue weighted by atomic mass is 14.2. The summed E-state index contributed by atoms with van der Waals surface area (Å²) >= 11 is 0. The summed E-state index contributed by atoms with van der Waals surface area (Å²) < 4.78 is 0. The van der Waals surface area contributed by atoms with E-state index in [1.165, 1.54) is 32.1 Å². The second-order valence-electron chi connectivity index (χ2n) is 3.60. The summed E-state index contributed by atoms with van der Waals surface area (Å²) in [6.07, 6.45) is 13.4. The van der Waals surface area contributed by atoms with E-state index in [0.29, 0.717) is 0 Å². The van der Waals surface area contributed by atoms with Crippen molar-refractivity contribution in [3.8, 4) is 0 Å². The molecule has 1 rings (SSSR count). The molecule has 0 aromatic carbocycles. The normalized spacial score (nSPS) is 19.0. The number of allylic oxidation sites excluding steroid dienone is 4. The molecule has 0 aromatic rings. The van der Waals surface area contributed by atoms with E-state index < -0.39 is 0 Å². The Labute approximate surface area is 76.4 Å². The fraction of sp³-hybridized carbons (Fsp3) is 0.667. The average Bonchev–Trinajstić information content (AvgIpc) is 2.15. The molecule has 0 aliphatic heterocycles. The smallest absolute Gasteiger partial charge is 0.0203 e. The van der Waals surface area contributed by atoms with E-state index in [2.05, 4.69) is 32.1 Å². The third-order valence-electron chi connectivity index (χ3n) is 2.70. The molecule has 1 unspecified atom stereocenters. The minimum atomic E-state index is 0.861. The van der Waals surface area contributed by atoms with Crippen LogP contribution in [-0.4, -0.2) is 0 Å². The Kier molecular flexibility index (Phi) is 4.13. The van der Waals surface area contributed by atoms with Crippen molar-refractivity contribution in [3.05, 3.63) is 23.8 Å². The number of rotatable bonds is 4. The van der Waals surface area contributed by atoms with Crippen LogP contribution in [0, 0.1) is 5.92 Å². The molecular formula is C12H20. The molecule has 12 heavy (non-hydrogen) atoms. The molecule has 1 aliphatic rings. The first-order valence-corrected chi connectivity index (χ1v) is 5.24. The van der Waals surface area contributed by atoms with Gasteiger partial charge in [-0.05, 0) is 31.6 Å². The Bertz CT molecular complexity index is 174. The van der Waals surface area contributed by atoms with Crippen LogP contribution in [0.1, 0.15) is 46.0 Å². The van der Waals surface area contributed by atoms with Crippen molar-refractivity contribution in [2.45, 2.75) is 46.0 Å². The van der Waals surface area contributed by atoms with Crippen molar-refractivity contribution in [1.29, 1.82) is 0 Å². The summed E-state index contributed by atoms with van der Waals surface area (Å²) in [5.41, 5.74) is 1.68. The van der Waals surface area contributed by atoms with Crippen LogP contribution in [0.3, 0.4) is 0 Å². The lowest BCUT2D eigenvalue weighted by atomic mass is 9.87. The average molecular weight is 164 g/mol. The molecule has 0 heteroatoms. The van der Waals surface area contributed by atoms with Crippen LogP contribution in [0.5, 0.6) is 0 Å². The molecule has 0 nitrogen and oxygen atoms in total. The van der Waals surface area contributed by atoms with Crippen molar-refractivity contribution in [1.82, 2.24) is 0 Å². The topological polar surface area (TPSA) is 0 Å². The first-order valence-electron chi connectivity index (χ1n) is 5.24. The van der Waals surface area contributed by atoms with Gasteiger partial charge in [0.05, 0.1) is 0 Å². The van der Waals surface area contributed by atoms with E-state index >= 15 is 0 Å². The minimum Gasteiger partial charge on any atom is -0.0842 e. The molecule has 1 atom stereocenters. The molecule has 0 fully saturated rings. The van der Waals surface area contributed by atoms with Crippen molar-refractivity contribution in [2.75, 3.05) is 0 Å². The highest BCUT2D eigenvalue weighted by Crippen LogP contribution is 2.26. The predicted octanol–water partition coefficient (Wildman–Crippen LogP) is 4.09. The van der Waals surface area contributed by atoms with E-state index in [1.807, 2.05) is 0 Å². The Morgan fingerprint density at radius 1 is 1.42 bits per heavy atom. The van der Waals surface area contributed by atoms with Crippen LogP contribution in [-0.2, 0) is 0 Å². The standard InChI is InChI=1S/C12H20/c1-3-8-11(4-2)12-9-6-5-7-10-12/h5-6,9,11H,3-4,7-8,10H2,1-2H3. The Hall–Kier alpha value is -0.520. The maximum atomic E-state index is 2.33. The molecule has 0 amide bonds. The molecule has 0 aromatic heterocycles. The van der Waals surface area contributed by atoms with Gasteiger partial charge in [0.15, 0.2) is 0 Å².